The SMILES string of the molecule is P.[B].[H-].[H-].[La].[SiH4].[Sr+2].[Ti]. The first-order valence-electron chi connectivity index (χ1n) is 0. The average Bonchev–Trinajstić information content (AvgIpc) is 0. The van der Waals surface area contributed by atoms with Gasteiger partial charge in [0.25, 0.3) is 0 Å². The van der Waals surface area contributed by atoms with Crippen molar-refractivity contribution in [3.8, 4) is 0 Å². The maximum absolute atomic E-state index is 0. The molecule has 30 valence electrons. The zero-order valence-corrected chi connectivity index (χ0v) is 13.1. The van der Waals surface area contributed by atoms with Crippen molar-refractivity contribution in [3.05, 3.63) is 0 Å². The van der Waals surface area contributed by atoms with Crippen molar-refractivity contribution < 1.29 is 60.2 Å². The van der Waals surface area contributed by atoms with Crippen LogP contribution in [0.3, 0.4) is 0 Å². The monoisotopic (exact) mass is 354 g/mol. The molecule has 0 spiro atoms. The number of hydrogen-bond acceptors (Lipinski definition) is 0. The Hall–Kier alpha value is 4.10. The molecule has 0 aliphatic carbocycles. The Kier molecular flexibility index (Phi) is 294. The van der Waals surface area contributed by atoms with Crippen LogP contribution in [0.1, 0.15) is 2.85 Å². The molecule has 1 atom stereocenters. The first-order chi connectivity index (χ1) is 0. The fraction of sp³-hybridized carbons (Fsp3) is 0. The van der Waals surface area contributed by atoms with Crippen LogP contribution in [0.15, 0.2) is 0 Å². The summed E-state index contributed by atoms with van der Waals surface area (Å²) >= 11 is 0. The molecule has 0 rings (SSSR count). The molecule has 0 nitrogen and oxygen atoms in total. The zero-order chi connectivity index (χ0) is 0. The van der Waals surface area contributed by atoms with Crippen molar-refractivity contribution in [1.82, 2.24) is 0 Å². The van der Waals surface area contributed by atoms with E-state index in [9.17, 15) is 0 Å². The van der Waals surface area contributed by atoms with Gasteiger partial charge in [-0.25, -0.2) is 0 Å². The van der Waals surface area contributed by atoms with Gasteiger partial charge in [-0.3, -0.25) is 0 Å². The second kappa shape index (κ2) is 35.5. The van der Waals surface area contributed by atoms with Crippen LogP contribution >= 0.6 is 9.90 Å². The summed E-state index contributed by atoms with van der Waals surface area (Å²) in [6, 6.07) is 0. The molecule has 0 heterocycles. The van der Waals surface area contributed by atoms with Crippen molar-refractivity contribution in [1.29, 1.82) is 0 Å². The van der Waals surface area contributed by atoms with Gasteiger partial charge in [-0.15, -0.1) is 0 Å². The molecular weight excluding hydrogens is 344 g/mol. The molecule has 6 heteroatoms. The van der Waals surface area contributed by atoms with E-state index in [1.54, 1.807) is 0 Å². The van der Waals surface area contributed by atoms with Crippen molar-refractivity contribution in [2.45, 2.75) is 0 Å². The van der Waals surface area contributed by atoms with Crippen LogP contribution in [0, 0.1) is 35.6 Å². The van der Waals surface area contributed by atoms with Gasteiger partial charge in [0.05, 0.1) is 0 Å². The van der Waals surface area contributed by atoms with Gasteiger partial charge in [-0.1, -0.05) is 0 Å². The van der Waals surface area contributed by atoms with Crippen molar-refractivity contribution >= 4 is 74.8 Å². The van der Waals surface area contributed by atoms with E-state index in [-0.39, 0.29) is 135 Å². The molecule has 0 fully saturated rings. The number of hydrogen-bond donors (Lipinski definition) is 0. The van der Waals surface area contributed by atoms with Gasteiger partial charge in [0, 0.05) is 65.7 Å². The van der Waals surface area contributed by atoms with Gasteiger partial charge >= 0.3 is 45.5 Å². The fourth-order valence-corrected chi connectivity index (χ4v) is 0. The molecule has 0 aliphatic heterocycles. The summed E-state index contributed by atoms with van der Waals surface area (Å²) in [6.07, 6.45) is 0. The molecule has 6 heavy (non-hydrogen) atoms. The minimum atomic E-state index is 0. The standard InChI is InChI=1S/B.La.H3P.H4Si.Sr.Ti.2H/h;;1H3;1H4;;;;/q;;;;+2;;2*-1. The Labute approximate surface area is 132 Å². The first-order valence-corrected chi connectivity index (χ1v) is 0. The molecule has 0 amide bonds. The molecule has 0 saturated heterocycles. The maximum atomic E-state index is 0. The molecule has 0 N–H and O–H groups in total. The molecule has 4 radical (unpaired) electrons. The van der Waals surface area contributed by atoms with Gasteiger partial charge < -0.3 is 2.85 Å². The van der Waals surface area contributed by atoms with Crippen LogP contribution in [0.2, 0.25) is 0 Å². The third-order valence-electron chi connectivity index (χ3n) is 0. The third kappa shape index (κ3) is 24.3. The van der Waals surface area contributed by atoms with E-state index in [2.05, 4.69) is 0 Å². The summed E-state index contributed by atoms with van der Waals surface area (Å²) in [5.74, 6) is 0. The third-order valence-corrected chi connectivity index (χ3v) is 0. The van der Waals surface area contributed by atoms with Gasteiger partial charge in [0.1, 0.15) is 0 Å². The van der Waals surface area contributed by atoms with E-state index in [4.69, 9.17) is 0 Å². The van der Waals surface area contributed by atoms with E-state index < -0.39 is 0 Å². The van der Waals surface area contributed by atoms with Crippen LogP contribution in [0.25, 0.3) is 0 Å². The Balaban J connectivity index is 0. The van der Waals surface area contributed by atoms with Gasteiger partial charge in [-0.05, 0) is 11.0 Å². The molecular formula is H9BLaPSiSrTi. The average molecular weight is 353 g/mol. The molecule has 0 aromatic heterocycles. The van der Waals surface area contributed by atoms with Crippen LogP contribution < -0.4 is 0 Å². The predicted molar refractivity (Wildman–Crippen MR) is 36.2 cm³/mol. The van der Waals surface area contributed by atoms with E-state index in [0.29, 0.717) is 0 Å². The Morgan fingerprint density at radius 1 is 1.17 bits per heavy atom. The van der Waals surface area contributed by atoms with Crippen LogP contribution in [0.4, 0.5) is 0 Å². The minimum Gasteiger partial charge on any atom is -1.00 e. The Bertz CT molecular complexity index is 22.0. The van der Waals surface area contributed by atoms with E-state index in [1.807, 2.05) is 0 Å². The second-order valence-electron chi connectivity index (χ2n) is 0. The normalized spacial score (nSPS) is 0. The van der Waals surface area contributed by atoms with Crippen molar-refractivity contribution in [2.24, 2.45) is 0 Å². The summed E-state index contributed by atoms with van der Waals surface area (Å²) in [6.45, 7) is 0. The quantitative estimate of drug-likeness (QED) is 0.352. The van der Waals surface area contributed by atoms with E-state index >= 15 is 0 Å². The number of rotatable bonds is 0. The molecule has 0 aliphatic rings. The molecule has 0 saturated carbocycles. The Morgan fingerprint density at radius 3 is 1.17 bits per heavy atom. The summed E-state index contributed by atoms with van der Waals surface area (Å²) in [4.78, 5) is 0. The van der Waals surface area contributed by atoms with Crippen molar-refractivity contribution in [2.75, 3.05) is 0 Å². The predicted octanol–water partition coefficient (Wildman–Crippen LogP) is -1.93. The van der Waals surface area contributed by atoms with Crippen LogP contribution in [-0.4, -0.2) is 64.9 Å². The van der Waals surface area contributed by atoms with Crippen LogP contribution in [0.5, 0.6) is 0 Å². The Morgan fingerprint density at radius 2 is 1.17 bits per heavy atom. The van der Waals surface area contributed by atoms with Gasteiger partial charge in [0.2, 0.25) is 0 Å². The maximum Gasteiger partial charge on any atom is 2.00 e. The molecule has 0 aromatic carbocycles. The smallest absolute Gasteiger partial charge is 1.00 e. The summed E-state index contributed by atoms with van der Waals surface area (Å²) in [5.41, 5.74) is 0. The molecule has 0 aromatic rings. The fourth-order valence-electron chi connectivity index (χ4n) is 0. The summed E-state index contributed by atoms with van der Waals surface area (Å²) in [7, 11) is 0. The first kappa shape index (κ1) is 49.7. The van der Waals surface area contributed by atoms with E-state index in [1.165, 1.54) is 0 Å². The van der Waals surface area contributed by atoms with Gasteiger partial charge in [-0.2, -0.15) is 9.90 Å². The minimum absolute atomic E-state index is 0. The summed E-state index contributed by atoms with van der Waals surface area (Å²) in [5, 5.41) is 0. The summed E-state index contributed by atoms with van der Waals surface area (Å²) < 4.78 is 0. The van der Waals surface area contributed by atoms with E-state index in [0.717, 1.165) is 0 Å². The second-order valence-corrected chi connectivity index (χ2v) is 0. The molecule has 0 bridgehead atoms. The largest absolute Gasteiger partial charge is 2.00 e. The van der Waals surface area contributed by atoms with Crippen LogP contribution in [-0.2, 0) is 21.7 Å². The molecule has 1 unspecified atom stereocenters. The van der Waals surface area contributed by atoms with Gasteiger partial charge in [0.15, 0.2) is 0 Å². The van der Waals surface area contributed by atoms with Crippen molar-refractivity contribution in [3.63, 3.8) is 0 Å². The topological polar surface area (TPSA) is 0 Å². The zero-order valence-electron chi connectivity index (χ0n) is 5.07.